The molecule has 0 aliphatic heterocycles. The molecule has 0 atom stereocenters. The minimum Gasteiger partial charge on any atom is -0.0710 e. The van der Waals surface area contributed by atoms with E-state index in [0.717, 1.165) is 5.90 Å². The van der Waals surface area contributed by atoms with Crippen LogP contribution in [0.25, 0.3) is 21.7 Å². The minimum atomic E-state index is -2.09. The van der Waals surface area contributed by atoms with Gasteiger partial charge in [0.2, 0.25) is 0 Å². The van der Waals surface area contributed by atoms with Crippen molar-refractivity contribution in [3.05, 3.63) is 133 Å². The summed E-state index contributed by atoms with van der Waals surface area (Å²) in [5, 5.41) is 5.36. The molecule has 152 valence electrons. The molecule has 5 aromatic rings. The highest BCUT2D eigenvalue weighted by Gasteiger charge is 2.39. The Bertz CT molecular complexity index is 1180. The summed E-state index contributed by atoms with van der Waals surface area (Å²) in [5.41, 5.74) is 2.60. The van der Waals surface area contributed by atoms with E-state index >= 15 is 0 Å². The summed E-state index contributed by atoms with van der Waals surface area (Å²) in [6.45, 7) is 0. The van der Waals surface area contributed by atoms with Gasteiger partial charge >= 0.3 is 7.57 Å². The third-order valence-electron chi connectivity index (χ3n) is 5.92. The predicted octanol–water partition coefficient (Wildman–Crippen LogP) is 7.72. The Balaban J connectivity index is 1.71. The Labute approximate surface area is 193 Å². The zero-order chi connectivity index (χ0) is 21.8. The highest BCUT2D eigenvalue weighted by molar-refractivity contribution is 8.11. The third kappa shape index (κ3) is 4.12. The van der Waals surface area contributed by atoms with Crippen molar-refractivity contribution in [1.82, 2.24) is 0 Å². The molecule has 1 aromatic heterocycles. The first-order valence-corrected chi connectivity index (χ1v) is 14.4. The maximum atomic E-state index is 7.47. The van der Waals surface area contributed by atoms with Crippen molar-refractivity contribution in [1.29, 1.82) is 0 Å². The Kier molecular flexibility index (Phi) is 6.13. The molecule has 0 amide bonds. The maximum absolute atomic E-state index is 7.47. The van der Waals surface area contributed by atoms with Gasteiger partial charge in [-0.3, -0.25) is 0 Å². The van der Waals surface area contributed by atoms with E-state index in [2.05, 4.69) is 133 Å². The maximum Gasteiger partial charge on any atom is 0.378 e. The first kappa shape index (κ1) is 21.0. The van der Waals surface area contributed by atoms with Gasteiger partial charge < -0.3 is 0 Å². The molecule has 0 N–H and O–H groups in total. The van der Waals surface area contributed by atoms with Crippen LogP contribution in [0.4, 0.5) is 0 Å². The van der Waals surface area contributed by atoms with Crippen LogP contribution in [0, 0.1) is 0 Å². The van der Waals surface area contributed by atoms with Gasteiger partial charge in [0.25, 0.3) is 0 Å². The van der Waals surface area contributed by atoms with Crippen molar-refractivity contribution in [2.75, 3.05) is 0 Å². The van der Waals surface area contributed by atoms with E-state index in [4.69, 9.17) is 7.57 Å². The van der Waals surface area contributed by atoms with Gasteiger partial charge in [-0.25, -0.2) is 0 Å². The molecule has 3 heteroatoms. The lowest BCUT2D eigenvalue weighted by atomic mass is 10.2. The Hall–Kier alpha value is -2.85. The van der Waals surface area contributed by atoms with Gasteiger partial charge in [0.1, 0.15) is 0 Å². The molecule has 4 aromatic carbocycles. The number of benzene rings is 4. The van der Waals surface area contributed by atoms with Crippen LogP contribution in [0.2, 0.25) is 0 Å². The lowest BCUT2D eigenvalue weighted by molar-refractivity contribution is 1.69. The monoisotopic (exact) mass is 445 g/mol. The van der Waals surface area contributed by atoms with Crippen molar-refractivity contribution in [3.8, 4) is 21.7 Å². The van der Waals surface area contributed by atoms with E-state index < -0.39 is 14.7 Å². The summed E-state index contributed by atoms with van der Waals surface area (Å²) in [6.07, 6.45) is 0. The minimum absolute atomic E-state index is 0.613. The van der Waals surface area contributed by atoms with Crippen molar-refractivity contribution < 1.29 is 0 Å². The molecule has 5 rings (SSSR count). The highest BCUT2D eigenvalue weighted by Crippen LogP contribution is 2.65. The number of hydrogen-bond donors (Lipinski definition) is 0. The SMILES string of the molecule is [B][P+](Cp1c(-c2ccccc2)ccc1-c1ccccc1)(c1ccccc1)c1ccccc1. The van der Waals surface area contributed by atoms with Crippen LogP contribution in [-0.2, 0) is 5.90 Å². The Morgan fingerprint density at radius 3 is 1.19 bits per heavy atom. The summed E-state index contributed by atoms with van der Waals surface area (Å²) in [5.74, 6) is 0.956. The Morgan fingerprint density at radius 2 is 0.812 bits per heavy atom. The normalized spacial score (nSPS) is 11.4. The van der Waals surface area contributed by atoms with Gasteiger partial charge in [0, 0.05) is 17.7 Å². The smallest absolute Gasteiger partial charge is 0.0710 e. The van der Waals surface area contributed by atoms with Crippen molar-refractivity contribution in [3.63, 3.8) is 0 Å². The summed E-state index contributed by atoms with van der Waals surface area (Å²) < 4.78 is 0. The van der Waals surface area contributed by atoms with E-state index in [-0.39, 0.29) is 0 Å². The third-order valence-corrected chi connectivity index (χ3v) is 13.3. The van der Waals surface area contributed by atoms with Gasteiger partial charge in [-0.1, -0.05) is 105 Å². The molecule has 0 saturated carbocycles. The summed E-state index contributed by atoms with van der Waals surface area (Å²) in [4.78, 5) is 0. The van der Waals surface area contributed by atoms with Crippen LogP contribution in [0.3, 0.4) is 0 Å². The molecule has 0 bridgehead atoms. The second-order valence-electron chi connectivity index (χ2n) is 7.95. The zero-order valence-electron chi connectivity index (χ0n) is 17.9. The topological polar surface area (TPSA) is 0 Å². The average molecular weight is 445 g/mol. The molecule has 0 nitrogen and oxygen atoms in total. The van der Waals surface area contributed by atoms with Gasteiger partial charge in [0.05, 0.1) is 16.5 Å². The van der Waals surface area contributed by atoms with E-state index in [0.29, 0.717) is 0 Å². The summed E-state index contributed by atoms with van der Waals surface area (Å²) in [7, 11) is 4.77. The fourth-order valence-electron chi connectivity index (χ4n) is 4.27. The van der Waals surface area contributed by atoms with Crippen LogP contribution in [0.1, 0.15) is 0 Å². The number of rotatable bonds is 6. The van der Waals surface area contributed by atoms with Crippen molar-refractivity contribution in [2.45, 2.75) is 5.90 Å². The number of hydrogen-bond acceptors (Lipinski definition) is 0. The van der Waals surface area contributed by atoms with E-state index in [1.807, 2.05) is 0 Å². The molecular weight excluding hydrogens is 421 g/mol. The van der Waals surface area contributed by atoms with Crippen LogP contribution >= 0.6 is 14.7 Å². The highest BCUT2D eigenvalue weighted by atomic mass is 31.2. The van der Waals surface area contributed by atoms with Gasteiger partial charge in [-0.15, -0.1) is 0 Å². The molecule has 0 fully saturated rings. The second kappa shape index (κ2) is 9.34. The summed E-state index contributed by atoms with van der Waals surface area (Å²) in [6, 6.07) is 47.7. The molecule has 1 heterocycles. The molecule has 2 radical (unpaired) electrons. The lowest BCUT2D eigenvalue weighted by Crippen LogP contribution is -2.22. The fourth-order valence-corrected chi connectivity index (χ4v) is 12.0. The van der Waals surface area contributed by atoms with Crippen molar-refractivity contribution in [2.24, 2.45) is 0 Å². The average Bonchev–Trinajstić information content (AvgIpc) is 3.29. The molecule has 0 spiro atoms. The quantitative estimate of drug-likeness (QED) is 0.185. The van der Waals surface area contributed by atoms with Crippen LogP contribution in [0.5, 0.6) is 0 Å². The molecule has 0 saturated heterocycles. The Morgan fingerprint density at radius 1 is 0.469 bits per heavy atom. The first-order valence-electron chi connectivity index (χ1n) is 10.8. The molecular formula is C29H24BP2+. The van der Waals surface area contributed by atoms with Crippen LogP contribution < -0.4 is 10.6 Å². The van der Waals surface area contributed by atoms with Gasteiger partial charge in [-0.2, -0.15) is 0 Å². The van der Waals surface area contributed by atoms with Gasteiger partial charge in [0.15, 0.2) is 0 Å². The van der Waals surface area contributed by atoms with Gasteiger partial charge in [-0.05, 0) is 47.5 Å². The van der Waals surface area contributed by atoms with Crippen LogP contribution in [0.15, 0.2) is 133 Å². The summed E-state index contributed by atoms with van der Waals surface area (Å²) >= 11 is 0. The molecule has 0 aliphatic carbocycles. The van der Waals surface area contributed by atoms with Crippen molar-refractivity contribution >= 4 is 32.8 Å². The predicted molar refractivity (Wildman–Crippen MR) is 145 cm³/mol. The molecule has 0 unspecified atom stereocenters. The zero-order valence-corrected chi connectivity index (χ0v) is 19.7. The van der Waals surface area contributed by atoms with E-state index in [1.165, 1.54) is 32.3 Å². The fraction of sp³-hybridized carbons (Fsp3) is 0.0345. The van der Waals surface area contributed by atoms with E-state index in [9.17, 15) is 0 Å². The largest absolute Gasteiger partial charge is 0.378 e. The van der Waals surface area contributed by atoms with Crippen LogP contribution in [-0.4, -0.2) is 7.57 Å². The standard InChI is InChI=1S/C29H24BP2/c30-32(26-17-9-3-10-18-26,27-19-11-4-12-20-27)23-31-28(24-13-5-1-6-14-24)21-22-29(31)25-15-7-2-8-16-25/h1-22H,23H2/q+1. The second-order valence-corrected chi connectivity index (χ2v) is 13.7. The van der Waals surface area contributed by atoms with E-state index in [1.54, 1.807) is 0 Å². The molecule has 0 aliphatic rings. The lowest BCUT2D eigenvalue weighted by Gasteiger charge is -2.25. The first-order chi connectivity index (χ1) is 15.8. The molecule has 32 heavy (non-hydrogen) atoms.